The van der Waals surface area contributed by atoms with Gasteiger partial charge in [-0.2, -0.15) is 0 Å². The summed E-state index contributed by atoms with van der Waals surface area (Å²) in [5.41, 5.74) is 2.73. The summed E-state index contributed by atoms with van der Waals surface area (Å²) >= 11 is 0. The molecule has 2 heterocycles. The average molecular weight is 452 g/mol. The number of benzene rings is 2. The topological polar surface area (TPSA) is 109 Å². The Balaban J connectivity index is 1.80. The molecule has 1 aliphatic carbocycles. The van der Waals surface area contributed by atoms with Crippen LogP contribution in [0.1, 0.15) is 43.7 Å². The lowest BCUT2D eigenvalue weighted by molar-refractivity contribution is -0.385. The Hall–Kier alpha value is -3.75. The molecule has 0 unspecified atom stereocenters. The van der Waals surface area contributed by atoms with E-state index in [-0.39, 0.29) is 23.7 Å². The molecule has 0 saturated heterocycles. The molecule has 33 heavy (non-hydrogen) atoms. The van der Waals surface area contributed by atoms with Gasteiger partial charge in [0, 0.05) is 40.9 Å². The van der Waals surface area contributed by atoms with Crippen molar-refractivity contribution in [3.05, 3.63) is 56.8 Å². The van der Waals surface area contributed by atoms with Crippen molar-refractivity contribution in [2.75, 3.05) is 26.3 Å². The quantitative estimate of drug-likeness (QED) is 0.532. The Kier molecular flexibility index (Phi) is 4.73. The van der Waals surface area contributed by atoms with Crippen molar-refractivity contribution in [1.29, 1.82) is 0 Å². The number of nitrogens with zero attached hydrogens (tertiary/aromatic N) is 1. The SMILES string of the molecule is COc1cc2c(cc1OC)[C@@H](c1cc3c(cc1[N+](=O)[O-])OCO3)C1=C(CC(C)(C)CC1=O)N2. The van der Waals surface area contributed by atoms with E-state index in [1.54, 1.807) is 25.3 Å². The summed E-state index contributed by atoms with van der Waals surface area (Å²) in [6.07, 6.45) is 0.988. The Morgan fingerprint density at radius 2 is 1.70 bits per heavy atom. The number of nitro groups is 1. The number of anilines is 1. The lowest BCUT2D eigenvalue weighted by Crippen LogP contribution is -2.34. The molecular formula is C24H24N2O7. The van der Waals surface area contributed by atoms with Crippen molar-refractivity contribution < 1.29 is 28.7 Å². The molecule has 0 fully saturated rings. The van der Waals surface area contributed by atoms with Gasteiger partial charge < -0.3 is 24.3 Å². The van der Waals surface area contributed by atoms with Gasteiger partial charge in [0.2, 0.25) is 6.79 Å². The zero-order valence-electron chi connectivity index (χ0n) is 18.8. The largest absolute Gasteiger partial charge is 0.493 e. The molecule has 0 amide bonds. The Labute approximate surface area is 190 Å². The Morgan fingerprint density at radius 1 is 1.03 bits per heavy atom. The molecule has 5 rings (SSSR count). The number of rotatable bonds is 4. The minimum absolute atomic E-state index is 0.00909. The second kappa shape index (κ2) is 7.40. The number of nitro benzene ring substituents is 1. The number of ketones is 1. The van der Waals surface area contributed by atoms with Gasteiger partial charge >= 0.3 is 0 Å². The van der Waals surface area contributed by atoms with Crippen LogP contribution in [0.25, 0.3) is 0 Å². The molecular weight excluding hydrogens is 428 g/mol. The fourth-order valence-corrected chi connectivity index (χ4v) is 5.00. The summed E-state index contributed by atoms with van der Waals surface area (Å²) in [5, 5.41) is 15.5. The predicted octanol–water partition coefficient (Wildman–Crippen LogP) is 4.54. The van der Waals surface area contributed by atoms with Gasteiger partial charge in [0.1, 0.15) is 0 Å². The molecule has 0 spiro atoms. The molecule has 1 N–H and O–H groups in total. The molecule has 3 aliphatic rings. The van der Waals surface area contributed by atoms with E-state index in [1.807, 2.05) is 13.8 Å². The van der Waals surface area contributed by atoms with Gasteiger partial charge in [0.15, 0.2) is 28.8 Å². The van der Waals surface area contributed by atoms with Crippen molar-refractivity contribution in [2.24, 2.45) is 5.41 Å². The summed E-state index contributed by atoms with van der Waals surface area (Å²) in [6.45, 7) is 4.07. The van der Waals surface area contributed by atoms with E-state index in [0.29, 0.717) is 58.2 Å². The number of nitrogens with one attached hydrogen (secondary N) is 1. The Bertz CT molecular complexity index is 1230. The van der Waals surface area contributed by atoms with E-state index in [9.17, 15) is 14.9 Å². The standard InChI is InChI=1S/C24H24N2O7/c1-24(2)9-15-23(17(27)10-24)22(12-5-18(30-3)19(31-4)7-14(12)25-15)13-6-20-21(33-11-32-20)8-16(13)26(28)29/h5-8,22,25H,9-11H2,1-4H3/t22-/m0/s1. The van der Waals surface area contributed by atoms with Crippen LogP contribution in [0.3, 0.4) is 0 Å². The summed E-state index contributed by atoms with van der Waals surface area (Å²) in [5.74, 6) is 1.02. The molecule has 2 aromatic rings. The summed E-state index contributed by atoms with van der Waals surface area (Å²) in [6, 6.07) is 6.57. The van der Waals surface area contributed by atoms with Gasteiger partial charge in [-0.15, -0.1) is 0 Å². The molecule has 0 aromatic heterocycles. The van der Waals surface area contributed by atoms with Crippen molar-refractivity contribution >= 4 is 17.2 Å². The van der Waals surface area contributed by atoms with E-state index in [4.69, 9.17) is 18.9 Å². The van der Waals surface area contributed by atoms with Crippen LogP contribution in [0.2, 0.25) is 0 Å². The number of hydrogen-bond acceptors (Lipinski definition) is 8. The maximum absolute atomic E-state index is 13.5. The minimum Gasteiger partial charge on any atom is -0.493 e. The third-order valence-corrected chi connectivity index (χ3v) is 6.39. The van der Waals surface area contributed by atoms with Gasteiger partial charge in [0.25, 0.3) is 5.69 Å². The highest BCUT2D eigenvalue weighted by atomic mass is 16.7. The summed E-state index contributed by atoms with van der Waals surface area (Å²) in [4.78, 5) is 25.1. The normalized spacial score (nSPS) is 20.0. The van der Waals surface area contributed by atoms with Gasteiger partial charge in [-0.3, -0.25) is 14.9 Å². The molecule has 9 heteroatoms. The molecule has 2 aliphatic heterocycles. The van der Waals surface area contributed by atoms with Crippen LogP contribution in [0.5, 0.6) is 23.0 Å². The predicted molar refractivity (Wildman–Crippen MR) is 119 cm³/mol. The van der Waals surface area contributed by atoms with Crippen LogP contribution in [0.4, 0.5) is 11.4 Å². The van der Waals surface area contributed by atoms with E-state index in [0.717, 1.165) is 5.70 Å². The number of methoxy groups -OCH3 is 2. The fourth-order valence-electron chi connectivity index (χ4n) is 5.00. The van der Waals surface area contributed by atoms with Crippen LogP contribution < -0.4 is 24.3 Å². The number of hydrogen-bond donors (Lipinski definition) is 1. The minimum atomic E-state index is -0.672. The zero-order chi connectivity index (χ0) is 23.5. The third kappa shape index (κ3) is 3.35. The lowest BCUT2D eigenvalue weighted by Gasteiger charge is -2.39. The molecule has 9 nitrogen and oxygen atoms in total. The van der Waals surface area contributed by atoms with Crippen LogP contribution in [0, 0.1) is 15.5 Å². The molecule has 0 radical (unpaired) electrons. The number of fused-ring (bicyclic) bond motifs is 2. The zero-order valence-corrected chi connectivity index (χ0v) is 18.8. The molecule has 0 saturated carbocycles. The first-order valence-corrected chi connectivity index (χ1v) is 10.6. The fraction of sp³-hybridized carbons (Fsp3) is 0.375. The second-order valence-electron chi connectivity index (χ2n) is 9.21. The summed E-state index contributed by atoms with van der Waals surface area (Å²) < 4.78 is 21.9. The molecule has 2 aromatic carbocycles. The van der Waals surface area contributed by atoms with Crippen molar-refractivity contribution in [3.8, 4) is 23.0 Å². The maximum Gasteiger partial charge on any atom is 0.277 e. The van der Waals surface area contributed by atoms with Crippen LogP contribution >= 0.6 is 0 Å². The lowest BCUT2D eigenvalue weighted by atomic mass is 9.68. The van der Waals surface area contributed by atoms with E-state index >= 15 is 0 Å². The maximum atomic E-state index is 13.5. The first-order chi connectivity index (χ1) is 15.7. The van der Waals surface area contributed by atoms with Crippen LogP contribution in [-0.2, 0) is 4.79 Å². The highest BCUT2D eigenvalue weighted by Gasteiger charge is 2.43. The van der Waals surface area contributed by atoms with Gasteiger partial charge in [0.05, 0.1) is 25.2 Å². The van der Waals surface area contributed by atoms with Crippen LogP contribution in [0.15, 0.2) is 35.5 Å². The number of carbonyl (C=O) groups excluding carboxylic acids is 1. The first kappa shape index (κ1) is 21.1. The van der Waals surface area contributed by atoms with E-state index in [1.165, 1.54) is 13.2 Å². The van der Waals surface area contributed by atoms with Crippen molar-refractivity contribution in [2.45, 2.75) is 32.6 Å². The smallest absolute Gasteiger partial charge is 0.277 e. The van der Waals surface area contributed by atoms with Crippen molar-refractivity contribution in [1.82, 2.24) is 0 Å². The number of Topliss-reactive ketones (excluding diaryl/α,β-unsaturated/α-hetero) is 1. The van der Waals surface area contributed by atoms with E-state index < -0.39 is 10.8 Å². The van der Waals surface area contributed by atoms with Gasteiger partial charge in [-0.05, 0) is 29.5 Å². The van der Waals surface area contributed by atoms with Gasteiger partial charge in [-0.25, -0.2) is 0 Å². The average Bonchev–Trinajstić information content (AvgIpc) is 3.22. The highest BCUT2D eigenvalue weighted by molar-refractivity contribution is 6.02. The van der Waals surface area contributed by atoms with Gasteiger partial charge in [-0.1, -0.05) is 13.8 Å². The monoisotopic (exact) mass is 452 g/mol. The van der Waals surface area contributed by atoms with Crippen molar-refractivity contribution in [3.63, 3.8) is 0 Å². The van der Waals surface area contributed by atoms with Crippen LogP contribution in [-0.4, -0.2) is 31.7 Å². The third-order valence-electron chi connectivity index (χ3n) is 6.39. The molecule has 172 valence electrons. The number of allylic oxidation sites excluding steroid dienone is 2. The molecule has 1 atom stereocenters. The highest BCUT2D eigenvalue weighted by Crippen LogP contribution is 2.54. The summed E-state index contributed by atoms with van der Waals surface area (Å²) in [7, 11) is 3.07. The van der Waals surface area contributed by atoms with E-state index in [2.05, 4.69) is 5.32 Å². The molecule has 0 bridgehead atoms. The first-order valence-electron chi connectivity index (χ1n) is 10.6. The number of carbonyl (C=O) groups is 1. The number of ether oxygens (including phenoxy) is 4. The Morgan fingerprint density at radius 3 is 2.36 bits per heavy atom. The second-order valence-corrected chi connectivity index (χ2v) is 9.21.